The Morgan fingerprint density at radius 1 is 0.902 bits per heavy atom. The van der Waals surface area contributed by atoms with Crippen LogP contribution in [0.1, 0.15) is 57.2 Å². The molecule has 0 N–H and O–H groups in total. The number of hydrogen-bond acceptors (Lipinski definition) is 5. The number of amides is 2. The fourth-order valence-corrected chi connectivity index (χ4v) is 5.63. The normalized spacial score (nSPS) is 20.3. The van der Waals surface area contributed by atoms with Gasteiger partial charge in [0, 0.05) is 5.92 Å². The first-order valence-electron chi connectivity index (χ1n) is 13.3. The number of hydrogen-bond donors (Lipinski definition) is 0. The summed E-state index contributed by atoms with van der Waals surface area (Å²) in [7, 11) is 1.56. The van der Waals surface area contributed by atoms with Gasteiger partial charge in [0.05, 0.1) is 29.8 Å². The maximum absolute atomic E-state index is 13.5. The number of Topliss-reactive ketones (excluding diaryl/α,β-unsaturated/α-hetero) is 1. The Bertz CT molecular complexity index is 1560. The van der Waals surface area contributed by atoms with E-state index in [4.69, 9.17) is 32.7 Å². The summed E-state index contributed by atoms with van der Waals surface area (Å²) in [6.45, 7) is 2.21. The van der Waals surface area contributed by atoms with E-state index in [9.17, 15) is 14.4 Å². The number of rotatable bonds is 8. The van der Waals surface area contributed by atoms with E-state index >= 15 is 0 Å². The molecule has 210 valence electrons. The van der Waals surface area contributed by atoms with E-state index in [0.29, 0.717) is 46.9 Å². The first-order valence-corrected chi connectivity index (χ1v) is 14.1. The lowest BCUT2D eigenvalue weighted by molar-refractivity contribution is -0.119. The monoisotopic (exact) mass is 589 g/mol. The second kappa shape index (κ2) is 12.3. The number of carbonyl (C=O) groups excluding carboxylic acids is 3. The zero-order valence-electron chi connectivity index (χ0n) is 22.8. The lowest BCUT2D eigenvalue weighted by Gasteiger charge is -2.21. The SMILES string of the molecule is COc1cc(CC2CC/C(C)=C\C(OCc3ccccc3CN3C(=O)c4ccccc4C3=O)=C(\Cl)C2=O)ccc1Cl. The third-order valence-corrected chi connectivity index (χ3v) is 8.16. The maximum Gasteiger partial charge on any atom is 0.261 e. The minimum Gasteiger partial charge on any atom is -0.495 e. The summed E-state index contributed by atoms with van der Waals surface area (Å²) in [5.74, 6) is -0.288. The van der Waals surface area contributed by atoms with Gasteiger partial charge in [0.1, 0.15) is 23.1 Å². The number of allylic oxidation sites excluding steroid dienone is 3. The Hall–Kier alpha value is -3.87. The molecule has 8 heteroatoms. The van der Waals surface area contributed by atoms with Crippen molar-refractivity contribution in [2.75, 3.05) is 7.11 Å². The summed E-state index contributed by atoms with van der Waals surface area (Å²) in [6.07, 6.45) is 3.67. The first-order chi connectivity index (χ1) is 19.8. The summed E-state index contributed by atoms with van der Waals surface area (Å²) >= 11 is 12.8. The molecule has 6 nitrogen and oxygen atoms in total. The topological polar surface area (TPSA) is 72.9 Å². The van der Waals surface area contributed by atoms with Crippen LogP contribution < -0.4 is 4.74 Å². The number of carbonyl (C=O) groups is 3. The van der Waals surface area contributed by atoms with Crippen molar-refractivity contribution in [2.45, 2.75) is 39.3 Å². The van der Waals surface area contributed by atoms with Crippen LogP contribution in [0.15, 0.2) is 89.2 Å². The highest BCUT2D eigenvalue weighted by Gasteiger charge is 2.35. The second-order valence-electron chi connectivity index (χ2n) is 10.2. The van der Waals surface area contributed by atoms with E-state index in [1.165, 1.54) is 4.90 Å². The van der Waals surface area contributed by atoms with Gasteiger partial charge in [0.15, 0.2) is 5.78 Å². The van der Waals surface area contributed by atoms with Gasteiger partial charge in [-0.1, -0.05) is 71.2 Å². The van der Waals surface area contributed by atoms with Crippen molar-refractivity contribution < 1.29 is 23.9 Å². The van der Waals surface area contributed by atoms with E-state index in [1.54, 1.807) is 37.4 Å². The molecule has 3 aromatic rings. The Kier molecular flexibility index (Phi) is 8.62. The summed E-state index contributed by atoms with van der Waals surface area (Å²) < 4.78 is 11.5. The molecule has 2 amide bonds. The molecule has 5 rings (SSSR count). The van der Waals surface area contributed by atoms with Gasteiger partial charge >= 0.3 is 0 Å². The van der Waals surface area contributed by atoms with E-state index in [0.717, 1.165) is 22.3 Å². The van der Waals surface area contributed by atoms with Crippen LogP contribution >= 0.6 is 23.2 Å². The molecule has 1 aliphatic heterocycles. The van der Waals surface area contributed by atoms with E-state index in [2.05, 4.69) is 0 Å². The average Bonchev–Trinajstić information content (AvgIpc) is 3.22. The summed E-state index contributed by atoms with van der Waals surface area (Å²) in [6, 6.07) is 19.8. The maximum atomic E-state index is 13.5. The van der Waals surface area contributed by atoms with Crippen LogP contribution in [-0.4, -0.2) is 29.6 Å². The molecule has 1 heterocycles. The largest absolute Gasteiger partial charge is 0.495 e. The number of benzene rings is 3. The van der Waals surface area contributed by atoms with Gasteiger partial charge in [-0.15, -0.1) is 0 Å². The molecule has 41 heavy (non-hydrogen) atoms. The van der Waals surface area contributed by atoms with Gasteiger partial charge < -0.3 is 9.47 Å². The zero-order chi connectivity index (χ0) is 29.1. The quantitative estimate of drug-likeness (QED) is 0.258. The van der Waals surface area contributed by atoms with Crippen molar-refractivity contribution in [3.63, 3.8) is 0 Å². The number of fused-ring (bicyclic) bond motifs is 1. The molecule has 2 aliphatic rings. The van der Waals surface area contributed by atoms with Crippen LogP contribution in [0.3, 0.4) is 0 Å². The molecule has 0 fully saturated rings. The molecule has 0 saturated heterocycles. The zero-order valence-corrected chi connectivity index (χ0v) is 24.3. The van der Waals surface area contributed by atoms with Crippen molar-refractivity contribution in [2.24, 2.45) is 5.92 Å². The van der Waals surface area contributed by atoms with Crippen molar-refractivity contribution >= 4 is 40.8 Å². The highest BCUT2D eigenvalue weighted by Crippen LogP contribution is 2.32. The van der Waals surface area contributed by atoms with Crippen LogP contribution in [0.5, 0.6) is 5.75 Å². The number of ketones is 1. The van der Waals surface area contributed by atoms with Crippen LogP contribution in [0, 0.1) is 5.92 Å². The molecule has 3 aromatic carbocycles. The standard InChI is InChI=1S/C33H29Cl2NO5/c1-20-11-13-22(16-21-12-14-27(34)28(17-21)40-2)31(37)30(35)29(15-20)41-19-24-8-4-3-7-23(24)18-36-32(38)25-9-5-6-10-26(25)33(36)39/h3-10,12,14-15,17,22H,11,13,16,18-19H2,1-2H3/b20-15-,30-29-. The Labute approximate surface area is 249 Å². The molecule has 0 spiro atoms. The molecule has 0 saturated carbocycles. The highest BCUT2D eigenvalue weighted by molar-refractivity contribution is 6.43. The van der Waals surface area contributed by atoms with E-state index in [-0.39, 0.29) is 41.7 Å². The van der Waals surface area contributed by atoms with E-state index in [1.807, 2.05) is 49.4 Å². The van der Waals surface area contributed by atoms with Crippen molar-refractivity contribution in [1.82, 2.24) is 4.90 Å². The molecule has 0 bridgehead atoms. The van der Waals surface area contributed by atoms with Gasteiger partial charge in [-0.25, -0.2) is 0 Å². The lowest BCUT2D eigenvalue weighted by atomic mass is 9.87. The minimum atomic E-state index is -0.336. The third-order valence-electron chi connectivity index (χ3n) is 7.47. The summed E-state index contributed by atoms with van der Waals surface area (Å²) in [5.41, 5.74) is 4.34. The van der Waals surface area contributed by atoms with Gasteiger partial charge in [-0.2, -0.15) is 0 Å². The highest BCUT2D eigenvalue weighted by atomic mass is 35.5. The minimum absolute atomic E-state index is 0.0489. The fourth-order valence-electron chi connectivity index (χ4n) is 5.17. The van der Waals surface area contributed by atoms with Crippen LogP contribution in [-0.2, 0) is 29.1 Å². The predicted molar refractivity (Wildman–Crippen MR) is 158 cm³/mol. The number of imide groups is 1. The number of ether oxygens (including phenoxy) is 2. The van der Waals surface area contributed by atoms with Crippen molar-refractivity contribution in [3.8, 4) is 5.75 Å². The molecular formula is C33H29Cl2NO5. The molecular weight excluding hydrogens is 561 g/mol. The Balaban J connectivity index is 1.34. The number of halogens is 2. The molecule has 0 radical (unpaired) electrons. The smallest absolute Gasteiger partial charge is 0.261 e. The fraction of sp³-hybridized carbons (Fsp3) is 0.242. The Morgan fingerprint density at radius 3 is 2.24 bits per heavy atom. The molecule has 1 unspecified atom stereocenters. The Morgan fingerprint density at radius 2 is 1.56 bits per heavy atom. The second-order valence-corrected chi connectivity index (χ2v) is 11.0. The van der Waals surface area contributed by atoms with Crippen molar-refractivity contribution in [3.05, 3.63) is 122 Å². The molecule has 1 atom stereocenters. The summed E-state index contributed by atoms with van der Waals surface area (Å²) in [5, 5.41) is 0.559. The lowest BCUT2D eigenvalue weighted by Crippen LogP contribution is -2.29. The van der Waals surface area contributed by atoms with Crippen LogP contribution in [0.2, 0.25) is 5.02 Å². The van der Waals surface area contributed by atoms with Crippen molar-refractivity contribution in [1.29, 1.82) is 0 Å². The van der Waals surface area contributed by atoms with Gasteiger partial charge in [0.2, 0.25) is 0 Å². The van der Waals surface area contributed by atoms with Gasteiger partial charge in [-0.3, -0.25) is 19.3 Å². The average molecular weight is 591 g/mol. The molecule has 0 aromatic heterocycles. The van der Waals surface area contributed by atoms with E-state index < -0.39 is 0 Å². The van der Waals surface area contributed by atoms with Crippen LogP contribution in [0.25, 0.3) is 0 Å². The predicted octanol–water partition coefficient (Wildman–Crippen LogP) is 7.28. The number of nitrogens with zero attached hydrogens (tertiary/aromatic N) is 1. The third kappa shape index (κ3) is 6.09. The summed E-state index contributed by atoms with van der Waals surface area (Å²) in [4.78, 5) is 40.6. The number of methoxy groups -OCH3 is 1. The van der Waals surface area contributed by atoms with Gasteiger partial charge in [-0.05, 0) is 73.2 Å². The van der Waals surface area contributed by atoms with Gasteiger partial charge in [0.25, 0.3) is 11.8 Å². The van der Waals surface area contributed by atoms with Crippen LogP contribution in [0.4, 0.5) is 0 Å². The first kappa shape index (κ1) is 28.7. The molecule has 1 aliphatic carbocycles.